The first-order valence-electron chi connectivity index (χ1n) is 10.7. The SMILES string of the molecule is Cn1cc2c(F)cc(-c3nc4sc(C5CCN(C(=O)OC(C)(C)C)CC5)cc4s3)cc2n1. The molecule has 5 rings (SSSR count). The number of aryl methyl sites for hydroxylation is 1. The van der Waals surface area contributed by atoms with E-state index in [1.165, 1.54) is 4.88 Å². The fourth-order valence-corrected chi connectivity index (χ4v) is 6.45. The average molecular weight is 473 g/mol. The van der Waals surface area contributed by atoms with E-state index in [2.05, 4.69) is 11.2 Å². The standard InChI is InChI=1S/C23H25FN4O2S2/c1-23(2,3)30-22(29)28-7-5-13(6-8-28)18-11-19-21(31-18)25-20(32-19)14-9-16(24)15-12-27(4)26-17(15)10-14/h9-13H,5-8H2,1-4H3. The molecule has 1 fully saturated rings. The van der Waals surface area contributed by atoms with Gasteiger partial charge in [-0.15, -0.1) is 22.7 Å². The second-order valence-electron chi connectivity index (χ2n) is 9.27. The predicted octanol–water partition coefficient (Wildman–Crippen LogP) is 6.17. The van der Waals surface area contributed by atoms with Gasteiger partial charge in [0.15, 0.2) is 0 Å². The average Bonchev–Trinajstić information content (AvgIpc) is 3.39. The Balaban J connectivity index is 1.31. The topological polar surface area (TPSA) is 60.2 Å². The molecule has 0 bridgehead atoms. The van der Waals surface area contributed by atoms with Gasteiger partial charge in [0, 0.05) is 36.8 Å². The summed E-state index contributed by atoms with van der Waals surface area (Å²) in [5, 5.41) is 5.67. The molecule has 168 valence electrons. The molecule has 9 heteroatoms. The van der Waals surface area contributed by atoms with Gasteiger partial charge in [0.05, 0.1) is 15.6 Å². The van der Waals surface area contributed by atoms with Crippen LogP contribution in [0.1, 0.15) is 44.4 Å². The highest BCUT2D eigenvalue weighted by atomic mass is 32.1. The molecule has 1 amide bonds. The van der Waals surface area contributed by atoms with Gasteiger partial charge in [-0.3, -0.25) is 4.68 Å². The summed E-state index contributed by atoms with van der Waals surface area (Å²) in [5.41, 5.74) is 0.923. The molecule has 0 radical (unpaired) electrons. The van der Waals surface area contributed by atoms with Gasteiger partial charge in [0.2, 0.25) is 0 Å². The summed E-state index contributed by atoms with van der Waals surface area (Å²) >= 11 is 3.29. The smallest absolute Gasteiger partial charge is 0.410 e. The van der Waals surface area contributed by atoms with E-state index in [-0.39, 0.29) is 11.9 Å². The van der Waals surface area contributed by atoms with Crippen molar-refractivity contribution in [3.05, 3.63) is 35.1 Å². The number of benzene rings is 1. The van der Waals surface area contributed by atoms with Gasteiger partial charge >= 0.3 is 6.09 Å². The summed E-state index contributed by atoms with van der Waals surface area (Å²) in [6.45, 7) is 7.07. The quantitative estimate of drug-likeness (QED) is 0.350. The van der Waals surface area contributed by atoms with Gasteiger partial charge < -0.3 is 9.64 Å². The first-order valence-corrected chi connectivity index (χ1v) is 12.3. The predicted molar refractivity (Wildman–Crippen MR) is 127 cm³/mol. The minimum absolute atomic E-state index is 0.230. The van der Waals surface area contributed by atoms with Crippen molar-refractivity contribution < 1.29 is 13.9 Å². The van der Waals surface area contributed by atoms with Gasteiger partial charge in [-0.1, -0.05) is 0 Å². The molecule has 0 unspecified atom stereocenters. The van der Waals surface area contributed by atoms with Crippen molar-refractivity contribution >= 4 is 49.2 Å². The highest BCUT2D eigenvalue weighted by Crippen LogP contribution is 2.41. The fourth-order valence-electron chi connectivity index (χ4n) is 4.07. The number of thiazole rings is 1. The monoisotopic (exact) mass is 472 g/mol. The molecule has 1 aromatic carbocycles. The number of carbonyl (C=O) groups excluding carboxylic acids is 1. The molecule has 3 aromatic heterocycles. The molecule has 0 aliphatic carbocycles. The van der Waals surface area contributed by atoms with E-state index in [1.807, 2.05) is 26.8 Å². The van der Waals surface area contributed by atoms with E-state index in [0.717, 1.165) is 32.9 Å². The Morgan fingerprint density at radius 3 is 2.62 bits per heavy atom. The first-order chi connectivity index (χ1) is 15.2. The Morgan fingerprint density at radius 2 is 1.94 bits per heavy atom. The molecular weight excluding hydrogens is 447 g/mol. The largest absolute Gasteiger partial charge is 0.444 e. The zero-order valence-corrected chi connectivity index (χ0v) is 20.1. The van der Waals surface area contributed by atoms with Crippen LogP contribution < -0.4 is 0 Å². The highest BCUT2D eigenvalue weighted by Gasteiger charge is 2.28. The number of fused-ring (bicyclic) bond motifs is 2. The number of carbonyl (C=O) groups is 1. The summed E-state index contributed by atoms with van der Waals surface area (Å²) in [6, 6.07) is 5.65. The molecule has 0 N–H and O–H groups in total. The van der Waals surface area contributed by atoms with Crippen LogP contribution in [-0.4, -0.2) is 44.4 Å². The lowest BCUT2D eigenvalue weighted by Crippen LogP contribution is -2.41. The molecule has 1 aliphatic heterocycles. The Hall–Kier alpha value is -2.52. The van der Waals surface area contributed by atoms with Gasteiger partial charge in [-0.05, 0) is 57.7 Å². The highest BCUT2D eigenvalue weighted by molar-refractivity contribution is 7.28. The number of thiophene rings is 1. The molecule has 0 spiro atoms. The number of rotatable bonds is 2. The summed E-state index contributed by atoms with van der Waals surface area (Å²) in [6.07, 6.45) is 3.30. The van der Waals surface area contributed by atoms with Crippen LogP contribution in [0.4, 0.5) is 9.18 Å². The van der Waals surface area contributed by atoms with Gasteiger partial charge in [0.1, 0.15) is 21.3 Å². The van der Waals surface area contributed by atoms with Crippen LogP contribution in [0.3, 0.4) is 0 Å². The van der Waals surface area contributed by atoms with Crippen molar-refractivity contribution in [1.29, 1.82) is 0 Å². The van der Waals surface area contributed by atoms with Crippen molar-refractivity contribution in [2.24, 2.45) is 7.05 Å². The molecule has 1 saturated heterocycles. The number of hydrogen-bond acceptors (Lipinski definition) is 6. The number of amides is 1. The summed E-state index contributed by atoms with van der Waals surface area (Å²) in [4.78, 5) is 21.2. The Bertz CT molecular complexity index is 1280. The normalized spacial score (nSPS) is 15.7. The van der Waals surface area contributed by atoms with Crippen molar-refractivity contribution in [2.45, 2.75) is 45.1 Å². The third-order valence-corrected chi connectivity index (χ3v) is 7.97. The zero-order valence-electron chi connectivity index (χ0n) is 18.5. The maximum absolute atomic E-state index is 14.5. The first kappa shape index (κ1) is 21.3. The summed E-state index contributed by atoms with van der Waals surface area (Å²) < 4.78 is 22.7. The lowest BCUT2D eigenvalue weighted by Gasteiger charge is -2.33. The summed E-state index contributed by atoms with van der Waals surface area (Å²) in [5.74, 6) is 0.146. The Labute approximate surface area is 193 Å². The van der Waals surface area contributed by atoms with Crippen LogP contribution >= 0.6 is 22.7 Å². The van der Waals surface area contributed by atoms with Gasteiger partial charge in [-0.2, -0.15) is 5.10 Å². The van der Waals surface area contributed by atoms with Crippen molar-refractivity contribution in [3.8, 4) is 10.6 Å². The molecule has 32 heavy (non-hydrogen) atoms. The molecule has 6 nitrogen and oxygen atoms in total. The number of hydrogen-bond donors (Lipinski definition) is 0. The van der Waals surface area contributed by atoms with E-state index in [4.69, 9.17) is 9.72 Å². The molecule has 0 saturated carbocycles. The van der Waals surface area contributed by atoms with Crippen LogP contribution in [0.25, 0.3) is 31.0 Å². The minimum Gasteiger partial charge on any atom is -0.444 e. The Morgan fingerprint density at radius 1 is 1.19 bits per heavy atom. The van der Waals surface area contributed by atoms with E-state index >= 15 is 0 Å². The fraction of sp³-hybridized carbons (Fsp3) is 0.435. The minimum atomic E-state index is -0.473. The second-order valence-corrected chi connectivity index (χ2v) is 11.4. The van der Waals surface area contributed by atoms with E-state index < -0.39 is 5.60 Å². The zero-order chi connectivity index (χ0) is 22.6. The number of halogens is 1. The van der Waals surface area contributed by atoms with Crippen LogP contribution in [0.2, 0.25) is 0 Å². The Kier molecular flexibility index (Phi) is 5.21. The maximum Gasteiger partial charge on any atom is 0.410 e. The molecule has 0 atom stereocenters. The lowest BCUT2D eigenvalue weighted by atomic mass is 9.95. The number of likely N-dealkylation sites (tertiary alicyclic amines) is 1. The van der Waals surface area contributed by atoms with E-state index in [1.54, 1.807) is 51.6 Å². The molecule has 4 aromatic rings. The maximum atomic E-state index is 14.5. The molecule has 1 aliphatic rings. The number of nitrogens with zero attached hydrogens (tertiary/aromatic N) is 4. The second kappa shape index (κ2) is 7.81. The van der Waals surface area contributed by atoms with Crippen LogP contribution in [-0.2, 0) is 11.8 Å². The third-order valence-electron chi connectivity index (χ3n) is 5.59. The number of piperidine rings is 1. The van der Waals surface area contributed by atoms with Crippen molar-refractivity contribution in [1.82, 2.24) is 19.7 Å². The molecular formula is C23H25FN4O2S2. The van der Waals surface area contributed by atoms with Crippen molar-refractivity contribution in [3.63, 3.8) is 0 Å². The number of aromatic nitrogens is 3. The molecule has 4 heterocycles. The summed E-state index contributed by atoms with van der Waals surface area (Å²) in [7, 11) is 1.79. The van der Waals surface area contributed by atoms with E-state index in [0.29, 0.717) is 29.9 Å². The van der Waals surface area contributed by atoms with Crippen molar-refractivity contribution in [2.75, 3.05) is 13.1 Å². The van der Waals surface area contributed by atoms with Crippen LogP contribution in [0.5, 0.6) is 0 Å². The van der Waals surface area contributed by atoms with Crippen LogP contribution in [0.15, 0.2) is 24.4 Å². The van der Waals surface area contributed by atoms with Crippen LogP contribution in [0, 0.1) is 5.82 Å². The van der Waals surface area contributed by atoms with Gasteiger partial charge in [-0.25, -0.2) is 14.2 Å². The van der Waals surface area contributed by atoms with Gasteiger partial charge in [0.25, 0.3) is 0 Å². The lowest BCUT2D eigenvalue weighted by molar-refractivity contribution is 0.0205. The van der Waals surface area contributed by atoms with E-state index in [9.17, 15) is 9.18 Å². The third kappa shape index (κ3) is 4.11. The number of ether oxygens (including phenoxy) is 1.